The Balaban J connectivity index is 3.66. The van der Waals surface area contributed by atoms with Gasteiger partial charge in [0.05, 0.1) is 6.54 Å². The Hall–Kier alpha value is -1.88. The van der Waals surface area contributed by atoms with Gasteiger partial charge in [-0.3, -0.25) is 4.79 Å². The third kappa shape index (κ3) is 24.5. The van der Waals surface area contributed by atoms with Crippen molar-refractivity contribution < 1.29 is 14.4 Å². The number of urea groups is 1. The number of nitrogens with one attached hydrogen (secondary N) is 3. The van der Waals surface area contributed by atoms with Gasteiger partial charge in [-0.1, -0.05) is 130 Å². The Bertz CT molecular complexity index is 606. The molecule has 222 valence electrons. The maximum atomic E-state index is 12.6. The molecule has 38 heavy (non-hydrogen) atoms. The second-order valence-electron chi connectivity index (χ2n) is 11.1. The van der Waals surface area contributed by atoms with Crippen LogP contribution in [0.25, 0.3) is 0 Å². The van der Waals surface area contributed by atoms with Crippen molar-refractivity contribution in [2.24, 2.45) is 10.9 Å². The molecule has 0 spiro atoms. The van der Waals surface area contributed by atoms with Gasteiger partial charge in [0.2, 0.25) is 12.0 Å². The van der Waals surface area contributed by atoms with Gasteiger partial charge in [-0.25, -0.2) is 14.6 Å². The summed E-state index contributed by atoms with van der Waals surface area (Å²) in [5.74, 6) is -0.0863. The fourth-order valence-electron chi connectivity index (χ4n) is 4.64. The lowest BCUT2D eigenvalue weighted by atomic mass is 10.0. The van der Waals surface area contributed by atoms with E-state index in [1.165, 1.54) is 96.0 Å². The summed E-state index contributed by atoms with van der Waals surface area (Å²) in [6, 6.07) is -0.830. The van der Waals surface area contributed by atoms with Gasteiger partial charge >= 0.3 is 6.03 Å². The summed E-state index contributed by atoms with van der Waals surface area (Å²) in [5.41, 5.74) is 0. The highest BCUT2D eigenvalue weighted by atomic mass is 16.2. The van der Waals surface area contributed by atoms with Crippen LogP contribution in [0.5, 0.6) is 0 Å². The first-order valence-corrected chi connectivity index (χ1v) is 15.9. The van der Waals surface area contributed by atoms with Crippen molar-refractivity contribution in [3.63, 3.8) is 0 Å². The van der Waals surface area contributed by atoms with Crippen LogP contribution in [-0.4, -0.2) is 43.7 Å². The zero-order valence-corrected chi connectivity index (χ0v) is 25.1. The van der Waals surface area contributed by atoms with Crippen LogP contribution in [0, 0.1) is 5.92 Å². The van der Waals surface area contributed by atoms with Gasteiger partial charge in [0.1, 0.15) is 6.04 Å². The van der Waals surface area contributed by atoms with Crippen molar-refractivity contribution in [2.45, 2.75) is 155 Å². The molecule has 3 amide bonds. The molecule has 0 heterocycles. The van der Waals surface area contributed by atoms with Crippen LogP contribution < -0.4 is 16.0 Å². The molecule has 0 rings (SSSR count). The van der Waals surface area contributed by atoms with Crippen molar-refractivity contribution in [1.82, 2.24) is 16.0 Å². The van der Waals surface area contributed by atoms with E-state index < -0.39 is 6.04 Å². The number of nitrogens with zero attached hydrogens (tertiary/aromatic N) is 1. The number of aliphatic imine (C=N–C) groups is 1. The Morgan fingerprint density at radius 1 is 0.632 bits per heavy atom. The van der Waals surface area contributed by atoms with Gasteiger partial charge < -0.3 is 16.0 Å². The van der Waals surface area contributed by atoms with Gasteiger partial charge in [0, 0.05) is 13.1 Å². The summed E-state index contributed by atoms with van der Waals surface area (Å²) in [6.45, 7) is 7.91. The summed E-state index contributed by atoms with van der Waals surface area (Å²) in [6.07, 6.45) is 26.5. The van der Waals surface area contributed by atoms with E-state index in [0.29, 0.717) is 19.6 Å². The lowest BCUT2D eigenvalue weighted by Gasteiger charge is -2.22. The smallest absolute Gasteiger partial charge is 0.315 e. The lowest BCUT2D eigenvalue weighted by molar-refractivity contribution is -0.123. The second kappa shape index (κ2) is 28.1. The number of unbranched alkanes of at least 4 members (excludes halogenated alkanes) is 18. The minimum Gasteiger partial charge on any atom is -0.354 e. The molecule has 7 heteroatoms. The van der Waals surface area contributed by atoms with Crippen molar-refractivity contribution in [2.75, 3.05) is 19.6 Å². The highest BCUT2D eigenvalue weighted by Gasteiger charge is 2.23. The molecule has 0 fully saturated rings. The zero-order chi connectivity index (χ0) is 28.1. The predicted molar refractivity (Wildman–Crippen MR) is 159 cm³/mol. The van der Waals surface area contributed by atoms with Crippen molar-refractivity contribution in [3.8, 4) is 0 Å². The molecule has 0 saturated heterocycles. The lowest BCUT2D eigenvalue weighted by Crippen LogP contribution is -2.52. The quantitative estimate of drug-likeness (QED) is 0.0573. The molecule has 0 aromatic rings. The van der Waals surface area contributed by atoms with Crippen molar-refractivity contribution >= 4 is 18.0 Å². The van der Waals surface area contributed by atoms with Crippen LogP contribution >= 0.6 is 0 Å². The minimum absolute atomic E-state index is 0.0184. The standard InChI is InChI=1S/C31H60N4O3/c1-4-5-6-7-8-9-10-11-12-13-14-15-16-17-18-22-25-33-30(37)29(28(2)3)35-31(38)34-26-23-20-19-21-24-32-27-36/h28-29H,4-26H2,1-3H3,(H,33,37)(H2,34,35,38)/t29-/m0/s1. The van der Waals surface area contributed by atoms with E-state index in [4.69, 9.17) is 0 Å². The second-order valence-corrected chi connectivity index (χ2v) is 11.1. The Morgan fingerprint density at radius 2 is 1.05 bits per heavy atom. The molecule has 7 nitrogen and oxygen atoms in total. The van der Waals surface area contributed by atoms with Gasteiger partial charge in [-0.15, -0.1) is 0 Å². The van der Waals surface area contributed by atoms with E-state index >= 15 is 0 Å². The fraction of sp³-hybridized carbons (Fsp3) is 0.903. The van der Waals surface area contributed by atoms with E-state index in [1.54, 1.807) is 0 Å². The zero-order valence-electron chi connectivity index (χ0n) is 25.1. The number of carbonyl (C=O) groups is 2. The van der Waals surface area contributed by atoms with Gasteiger partial charge in [-0.05, 0) is 25.2 Å². The summed E-state index contributed by atoms with van der Waals surface area (Å²) in [5, 5.41) is 8.66. The SMILES string of the molecule is CCCCCCCCCCCCCCCCCCNC(=O)[C@@H](NC(=O)NCCCCCCN=C=O)C(C)C. The van der Waals surface area contributed by atoms with Gasteiger partial charge in [0.15, 0.2) is 0 Å². The largest absolute Gasteiger partial charge is 0.354 e. The van der Waals surface area contributed by atoms with Crippen LogP contribution in [-0.2, 0) is 9.59 Å². The van der Waals surface area contributed by atoms with Crippen LogP contribution in [0.3, 0.4) is 0 Å². The molecule has 0 aliphatic heterocycles. The van der Waals surface area contributed by atoms with Gasteiger partial charge in [0.25, 0.3) is 0 Å². The Morgan fingerprint density at radius 3 is 1.50 bits per heavy atom. The van der Waals surface area contributed by atoms with Crippen LogP contribution in [0.15, 0.2) is 4.99 Å². The molecule has 1 atom stereocenters. The highest BCUT2D eigenvalue weighted by Crippen LogP contribution is 2.13. The average Bonchev–Trinajstić information content (AvgIpc) is 2.90. The monoisotopic (exact) mass is 536 g/mol. The maximum absolute atomic E-state index is 12.6. The van der Waals surface area contributed by atoms with E-state index in [-0.39, 0.29) is 17.9 Å². The van der Waals surface area contributed by atoms with Crippen LogP contribution in [0.2, 0.25) is 0 Å². The number of carbonyl (C=O) groups excluding carboxylic acids is 3. The van der Waals surface area contributed by atoms with Crippen molar-refractivity contribution in [3.05, 3.63) is 0 Å². The predicted octanol–water partition coefficient (Wildman–Crippen LogP) is 7.58. The summed E-state index contributed by atoms with van der Waals surface area (Å²) in [7, 11) is 0. The van der Waals surface area contributed by atoms with E-state index in [2.05, 4.69) is 27.9 Å². The molecule has 0 aromatic carbocycles. The van der Waals surface area contributed by atoms with E-state index in [0.717, 1.165) is 38.5 Å². The van der Waals surface area contributed by atoms with Crippen LogP contribution in [0.4, 0.5) is 4.79 Å². The molecule has 0 aromatic heterocycles. The normalized spacial score (nSPS) is 11.7. The number of rotatable bonds is 27. The molecule has 0 bridgehead atoms. The minimum atomic E-state index is -0.530. The van der Waals surface area contributed by atoms with Gasteiger partial charge in [-0.2, -0.15) is 0 Å². The first-order valence-electron chi connectivity index (χ1n) is 15.9. The molecule has 0 saturated carbocycles. The Kier molecular flexibility index (Phi) is 26.7. The maximum Gasteiger partial charge on any atom is 0.315 e. The third-order valence-electron chi connectivity index (χ3n) is 7.11. The average molecular weight is 537 g/mol. The molecule has 0 aliphatic carbocycles. The first kappa shape index (κ1) is 36.1. The number of amides is 3. The topological polar surface area (TPSA) is 99.7 Å². The first-order chi connectivity index (χ1) is 18.5. The number of hydrogen-bond acceptors (Lipinski definition) is 4. The molecule has 0 radical (unpaired) electrons. The van der Waals surface area contributed by atoms with Crippen LogP contribution in [0.1, 0.15) is 149 Å². The number of isocyanates is 1. The molecule has 3 N–H and O–H groups in total. The summed E-state index contributed by atoms with van der Waals surface area (Å²) in [4.78, 5) is 38.3. The molecular weight excluding hydrogens is 476 g/mol. The number of hydrogen-bond donors (Lipinski definition) is 3. The molecule has 0 unspecified atom stereocenters. The Labute approximate surface area is 234 Å². The molecule has 0 aliphatic rings. The summed E-state index contributed by atoms with van der Waals surface area (Å²) < 4.78 is 0. The van der Waals surface area contributed by atoms with Crippen molar-refractivity contribution in [1.29, 1.82) is 0 Å². The third-order valence-corrected chi connectivity index (χ3v) is 7.11. The van der Waals surface area contributed by atoms with E-state index in [1.807, 2.05) is 13.8 Å². The highest BCUT2D eigenvalue weighted by molar-refractivity contribution is 5.87. The fourth-order valence-corrected chi connectivity index (χ4v) is 4.64. The van der Waals surface area contributed by atoms with E-state index in [9.17, 15) is 14.4 Å². The summed E-state index contributed by atoms with van der Waals surface area (Å²) >= 11 is 0. The molecular formula is C31H60N4O3.